The van der Waals surface area contributed by atoms with E-state index in [2.05, 4.69) is 37.1 Å². The second-order valence-corrected chi connectivity index (χ2v) is 5.51. The van der Waals surface area contributed by atoms with Crippen molar-refractivity contribution in [1.29, 1.82) is 0 Å². The molecule has 2 N–H and O–H groups in total. The van der Waals surface area contributed by atoms with Crippen LogP contribution in [0.1, 0.15) is 32.8 Å². The van der Waals surface area contributed by atoms with Crippen molar-refractivity contribution < 1.29 is 9.84 Å². The van der Waals surface area contributed by atoms with Crippen LogP contribution in [0.4, 0.5) is 5.82 Å². The summed E-state index contributed by atoms with van der Waals surface area (Å²) in [5.41, 5.74) is 1.34. The van der Waals surface area contributed by atoms with Crippen LogP contribution in [0.5, 0.6) is 0 Å². The Morgan fingerprint density at radius 2 is 2.11 bits per heavy atom. The lowest BCUT2D eigenvalue weighted by Crippen LogP contribution is -2.18. The van der Waals surface area contributed by atoms with Crippen LogP contribution in [0.3, 0.4) is 0 Å². The zero-order valence-electron chi connectivity index (χ0n) is 11.7. The molecule has 4 nitrogen and oxygen atoms in total. The fourth-order valence-electron chi connectivity index (χ4n) is 1.58. The van der Waals surface area contributed by atoms with Gasteiger partial charge in [-0.05, 0) is 23.5 Å². The van der Waals surface area contributed by atoms with E-state index in [1.165, 1.54) is 5.56 Å². The average Bonchev–Trinajstić information content (AvgIpc) is 2.29. The smallest absolute Gasteiger partial charge is 0.125 e. The van der Waals surface area contributed by atoms with E-state index < -0.39 is 6.10 Å². The molecule has 0 bridgehead atoms. The van der Waals surface area contributed by atoms with Gasteiger partial charge in [-0.3, -0.25) is 0 Å². The van der Waals surface area contributed by atoms with E-state index in [4.69, 9.17) is 4.74 Å². The Hall–Kier alpha value is -1.13. The molecule has 1 atom stereocenters. The maximum Gasteiger partial charge on any atom is 0.125 e. The molecule has 1 unspecified atom stereocenters. The predicted molar refractivity (Wildman–Crippen MR) is 73.9 cm³/mol. The summed E-state index contributed by atoms with van der Waals surface area (Å²) in [4.78, 5) is 4.36. The van der Waals surface area contributed by atoms with Gasteiger partial charge in [0, 0.05) is 19.9 Å². The summed E-state index contributed by atoms with van der Waals surface area (Å²) in [7, 11) is 1.59. The van der Waals surface area contributed by atoms with E-state index in [9.17, 15) is 5.11 Å². The lowest BCUT2D eigenvalue weighted by atomic mass is 9.88. The average molecular weight is 252 g/mol. The Bertz CT molecular complexity index is 344. The molecule has 0 spiro atoms. The fraction of sp³-hybridized carbons (Fsp3) is 0.643. The van der Waals surface area contributed by atoms with Gasteiger partial charge in [0.2, 0.25) is 0 Å². The van der Waals surface area contributed by atoms with Crippen molar-refractivity contribution in [2.45, 2.75) is 38.7 Å². The Morgan fingerprint density at radius 3 is 2.61 bits per heavy atom. The van der Waals surface area contributed by atoms with Crippen molar-refractivity contribution in [3.05, 3.63) is 23.9 Å². The summed E-state index contributed by atoms with van der Waals surface area (Å²) in [5.74, 6) is 0.840. The van der Waals surface area contributed by atoms with Gasteiger partial charge in [0.05, 0.1) is 12.7 Å². The molecule has 0 aliphatic carbocycles. The van der Waals surface area contributed by atoms with Crippen molar-refractivity contribution in [1.82, 2.24) is 4.98 Å². The van der Waals surface area contributed by atoms with Crippen molar-refractivity contribution in [3.63, 3.8) is 0 Å². The van der Waals surface area contributed by atoms with Gasteiger partial charge < -0.3 is 15.2 Å². The first-order chi connectivity index (χ1) is 8.43. The topological polar surface area (TPSA) is 54.4 Å². The molecule has 0 saturated carbocycles. The summed E-state index contributed by atoms with van der Waals surface area (Å²) >= 11 is 0. The van der Waals surface area contributed by atoms with Crippen molar-refractivity contribution in [2.75, 3.05) is 25.6 Å². The number of aliphatic hydroxyl groups excluding tert-OH is 1. The minimum absolute atomic E-state index is 0.125. The van der Waals surface area contributed by atoms with Crippen LogP contribution >= 0.6 is 0 Å². The molecule has 0 saturated heterocycles. The van der Waals surface area contributed by atoms with Crippen LogP contribution in [0, 0.1) is 0 Å². The number of aromatic nitrogens is 1. The quantitative estimate of drug-likeness (QED) is 0.815. The summed E-state index contributed by atoms with van der Waals surface area (Å²) < 4.78 is 4.87. The molecule has 1 aromatic rings. The third kappa shape index (κ3) is 5.02. The van der Waals surface area contributed by atoms with Gasteiger partial charge in [0.25, 0.3) is 0 Å². The van der Waals surface area contributed by atoms with Gasteiger partial charge in [0.15, 0.2) is 0 Å². The van der Waals surface area contributed by atoms with E-state index in [1.807, 2.05) is 12.3 Å². The lowest BCUT2D eigenvalue weighted by molar-refractivity contribution is 0.0615. The number of anilines is 1. The molecule has 0 aliphatic rings. The zero-order chi connectivity index (χ0) is 13.6. The number of hydrogen-bond donors (Lipinski definition) is 2. The maximum atomic E-state index is 9.49. The second kappa shape index (κ2) is 6.71. The van der Waals surface area contributed by atoms with Crippen molar-refractivity contribution >= 4 is 5.82 Å². The Labute approximate surface area is 109 Å². The van der Waals surface area contributed by atoms with Gasteiger partial charge in [-0.1, -0.05) is 26.8 Å². The molecule has 0 aromatic carbocycles. The van der Waals surface area contributed by atoms with Crippen LogP contribution in [-0.2, 0) is 10.2 Å². The molecular formula is C14H24N2O2. The van der Waals surface area contributed by atoms with Gasteiger partial charge in [0.1, 0.15) is 5.82 Å². The normalized spacial score (nSPS) is 13.4. The first kappa shape index (κ1) is 14.9. The minimum atomic E-state index is -0.420. The SMILES string of the molecule is COCC(O)CCNc1ccc(C(C)(C)C)cn1. The third-order valence-corrected chi connectivity index (χ3v) is 2.77. The number of aliphatic hydroxyl groups is 1. The molecule has 1 heterocycles. The number of rotatable bonds is 6. The lowest BCUT2D eigenvalue weighted by Gasteiger charge is -2.18. The highest BCUT2D eigenvalue weighted by Crippen LogP contribution is 2.21. The molecule has 0 fully saturated rings. The van der Waals surface area contributed by atoms with E-state index >= 15 is 0 Å². The molecule has 102 valence electrons. The summed E-state index contributed by atoms with van der Waals surface area (Å²) in [6.45, 7) is 7.55. The summed E-state index contributed by atoms with van der Waals surface area (Å²) in [6, 6.07) is 4.06. The van der Waals surface area contributed by atoms with Gasteiger partial charge >= 0.3 is 0 Å². The highest BCUT2D eigenvalue weighted by atomic mass is 16.5. The van der Waals surface area contributed by atoms with E-state index in [0.29, 0.717) is 19.6 Å². The largest absolute Gasteiger partial charge is 0.391 e. The Balaban J connectivity index is 2.40. The molecule has 1 aromatic heterocycles. The number of nitrogens with one attached hydrogen (secondary N) is 1. The van der Waals surface area contributed by atoms with Crippen molar-refractivity contribution in [3.8, 4) is 0 Å². The van der Waals surface area contributed by atoms with Gasteiger partial charge in [-0.25, -0.2) is 4.98 Å². The minimum Gasteiger partial charge on any atom is -0.391 e. The van der Waals surface area contributed by atoms with Crippen molar-refractivity contribution in [2.24, 2.45) is 0 Å². The highest BCUT2D eigenvalue weighted by molar-refractivity contribution is 5.36. The van der Waals surface area contributed by atoms with Gasteiger partial charge in [-0.15, -0.1) is 0 Å². The number of methoxy groups -OCH3 is 1. The molecule has 1 rings (SSSR count). The highest BCUT2D eigenvalue weighted by Gasteiger charge is 2.13. The molecule has 0 aliphatic heterocycles. The molecule has 0 amide bonds. The van der Waals surface area contributed by atoms with E-state index in [1.54, 1.807) is 7.11 Å². The van der Waals surface area contributed by atoms with Crippen LogP contribution < -0.4 is 5.32 Å². The number of pyridine rings is 1. The third-order valence-electron chi connectivity index (χ3n) is 2.77. The molecule has 0 radical (unpaired) electrons. The molecule has 18 heavy (non-hydrogen) atoms. The monoisotopic (exact) mass is 252 g/mol. The van der Waals surface area contributed by atoms with Crippen LogP contribution in [0.2, 0.25) is 0 Å². The number of ether oxygens (including phenoxy) is 1. The number of nitrogens with zero attached hydrogens (tertiary/aromatic N) is 1. The molecular weight excluding hydrogens is 228 g/mol. The van der Waals surface area contributed by atoms with Gasteiger partial charge in [-0.2, -0.15) is 0 Å². The summed E-state index contributed by atoms with van der Waals surface area (Å²) in [5, 5.41) is 12.7. The standard InChI is InChI=1S/C14H24N2O2/c1-14(2,3)11-5-6-13(16-9-11)15-8-7-12(17)10-18-4/h5-6,9,12,17H,7-8,10H2,1-4H3,(H,15,16). The van der Waals surface area contributed by atoms with Crippen LogP contribution in [-0.4, -0.2) is 36.5 Å². The predicted octanol–water partition coefficient (Wildman–Crippen LogP) is 2.19. The van der Waals surface area contributed by atoms with Crippen LogP contribution in [0.25, 0.3) is 0 Å². The van der Waals surface area contributed by atoms with E-state index in [-0.39, 0.29) is 5.41 Å². The van der Waals surface area contributed by atoms with E-state index in [0.717, 1.165) is 5.82 Å². The first-order valence-electron chi connectivity index (χ1n) is 6.31. The Morgan fingerprint density at radius 1 is 1.39 bits per heavy atom. The maximum absolute atomic E-state index is 9.49. The fourth-order valence-corrected chi connectivity index (χ4v) is 1.58. The zero-order valence-corrected chi connectivity index (χ0v) is 11.7. The Kier molecular flexibility index (Phi) is 5.56. The second-order valence-electron chi connectivity index (χ2n) is 5.51. The summed E-state index contributed by atoms with van der Waals surface area (Å²) in [6.07, 6.45) is 2.13. The molecule has 4 heteroatoms. The van der Waals surface area contributed by atoms with Crippen LogP contribution in [0.15, 0.2) is 18.3 Å². The number of hydrogen-bond acceptors (Lipinski definition) is 4. The first-order valence-corrected chi connectivity index (χ1v) is 6.31.